The van der Waals surface area contributed by atoms with Gasteiger partial charge in [0.15, 0.2) is 0 Å². The first-order valence-electron chi connectivity index (χ1n) is 7.91. The van der Waals surface area contributed by atoms with Gasteiger partial charge in [-0.2, -0.15) is 0 Å². The average Bonchev–Trinajstić information content (AvgIpc) is 2.86. The fourth-order valence-corrected chi connectivity index (χ4v) is 3.60. The molecule has 124 valence electrons. The summed E-state index contributed by atoms with van der Waals surface area (Å²) in [6.45, 7) is 3.59. The van der Waals surface area contributed by atoms with Crippen LogP contribution in [-0.4, -0.2) is 54.4 Å². The summed E-state index contributed by atoms with van der Waals surface area (Å²) in [5.41, 5.74) is 0.956. The van der Waals surface area contributed by atoms with E-state index >= 15 is 0 Å². The Morgan fingerprint density at radius 3 is 2.78 bits per heavy atom. The molecule has 2 saturated heterocycles. The number of amides is 2. The maximum Gasteiger partial charge on any atom is 0.235 e. The number of benzene rings is 1. The van der Waals surface area contributed by atoms with Crippen molar-refractivity contribution >= 4 is 23.4 Å². The van der Waals surface area contributed by atoms with Crippen molar-refractivity contribution in [2.24, 2.45) is 5.92 Å². The van der Waals surface area contributed by atoms with Gasteiger partial charge in [-0.1, -0.05) is 23.7 Å². The van der Waals surface area contributed by atoms with Gasteiger partial charge in [0.05, 0.1) is 12.6 Å². The van der Waals surface area contributed by atoms with Crippen molar-refractivity contribution in [3.05, 3.63) is 34.9 Å². The average molecular weight is 337 g/mol. The second-order valence-electron chi connectivity index (χ2n) is 6.22. The van der Waals surface area contributed by atoms with E-state index in [1.165, 1.54) is 0 Å². The molecule has 1 aromatic rings. The lowest BCUT2D eigenvalue weighted by atomic mass is 9.98. The van der Waals surface area contributed by atoms with Crippen molar-refractivity contribution in [3.63, 3.8) is 0 Å². The monoisotopic (exact) mass is 336 g/mol. The van der Waals surface area contributed by atoms with E-state index in [-0.39, 0.29) is 24.0 Å². The van der Waals surface area contributed by atoms with Crippen LogP contribution in [0.1, 0.15) is 25.0 Å². The van der Waals surface area contributed by atoms with Crippen LogP contribution >= 0.6 is 11.6 Å². The largest absolute Gasteiger partial charge is 0.370 e. The Balaban J connectivity index is 1.78. The molecule has 0 radical (unpaired) electrons. The molecule has 1 aromatic carbocycles. The first-order chi connectivity index (χ1) is 11.0. The van der Waals surface area contributed by atoms with E-state index in [0.717, 1.165) is 5.56 Å². The molecule has 0 bridgehead atoms. The molecule has 2 amide bonds. The van der Waals surface area contributed by atoms with Crippen molar-refractivity contribution in [1.82, 2.24) is 9.80 Å². The number of rotatable bonds is 2. The molecule has 0 N–H and O–H groups in total. The number of carbonyl (C=O) groups is 2. The Bertz CT molecular complexity index is 622. The zero-order valence-electron chi connectivity index (χ0n) is 13.4. The van der Waals surface area contributed by atoms with Gasteiger partial charge < -0.3 is 14.5 Å². The highest BCUT2D eigenvalue weighted by Crippen LogP contribution is 2.31. The first-order valence-corrected chi connectivity index (χ1v) is 8.29. The molecule has 0 aliphatic carbocycles. The number of halogens is 1. The summed E-state index contributed by atoms with van der Waals surface area (Å²) in [7, 11) is 1.74. The Kier molecular flexibility index (Phi) is 4.60. The highest BCUT2D eigenvalue weighted by atomic mass is 35.5. The summed E-state index contributed by atoms with van der Waals surface area (Å²) < 4.78 is 5.87. The van der Waals surface area contributed by atoms with Gasteiger partial charge in [0, 0.05) is 25.2 Å². The van der Waals surface area contributed by atoms with Crippen LogP contribution in [0.2, 0.25) is 5.02 Å². The molecule has 3 atom stereocenters. The number of hydrogen-bond acceptors (Lipinski definition) is 3. The summed E-state index contributed by atoms with van der Waals surface area (Å²) in [5, 5.41) is 0.648. The molecule has 2 aliphatic rings. The van der Waals surface area contributed by atoms with E-state index in [4.69, 9.17) is 16.3 Å². The Morgan fingerprint density at radius 1 is 1.35 bits per heavy atom. The van der Waals surface area contributed by atoms with Crippen LogP contribution in [0.5, 0.6) is 0 Å². The molecule has 23 heavy (non-hydrogen) atoms. The zero-order chi connectivity index (χ0) is 16.6. The number of carbonyl (C=O) groups excluding carboxylic acids is 2. The van der Waals surface area contributed by atoms with Crippen LogP contribution in [0.25, 0.3) is 0 Å². The minimum Gasteiger partial charge on any atom is -0.370 e. The molecule has 2 fully saturated rings. The SMILES string of the molecule is C[C@@H]1[C@@H](c2cccc(Cl)c2)OCCN1C(=O)C1CCN(C)C1=O. The van der Waals surface area contributed by atoms with Gasteiger partial charge in [0.2, 0.25) is 11.8 Å². The number of likely N-dealkylation sites (tertiary alicyclic amines) is 1. The van der Waals surface area contributed by atoms with Gasteiger partial charge in [-0.15, -0.1) is 0 Å². The molecule has 0 saturated carbocycles. The van der Waals surface area contributed by atoms with Crippen molar-refractivity contribution in [1.29, 1.82) is 0 Å². The smallest absolute Gasteiger partial charge is 0.235 e. The summed E-state index contributed by atoms with van der Waals surface area (Å²) in [4.78, 5) is 28.3. The molecule has 5 nitrogen and oxygen atoms in total. The predicted molar refractivity (Wildman–Crippen MR) is 87.1 cm³/mol. The van der Waals surface area contributed by atoms with Crippen LogP contribution < -0.4 is 0 Å². The minimum absolute atomic E-state index is 0.0759. The third-order valence-corrected chi connectivity index (χ3v) is 4.98. The Morgan fingerprint density at radius 2 is 2.13 bits per heavy atom. The quantitative estimate of drug-likeness (QED) is 0.777. The Hall–Kier alpha value is -1.59. The van der Waals surface area contributed by atoms with E-state index < -0.39 is 5.92 Å². The number of hydrogen-bond donors (Lipinski definition) is 0. The van der Waals surface area contributed by atoms with Crippen molar-refractivity contribution in [2.45, 2.75) is 25.5 Å². The molecule has 2 aliphatic heterocycles. The van der Waals surface area contributed by atoms with E-state index in [0.29, 0.717) is 31.1 Å². The zero-order valence-corrected chi connectivity index (χ0v) is 14.1. The molecule has 0 aromatic heterocycles. The minimum atomic E-state index is -0.541. The molecule has 3 rings (SSSR count). The summed E-state index contributed by atoms with van der Waals surface area (Å²) in [6.07, 6.45) is 0.376. The fourth-order valence-electron chi connectivity index (χ4n) is 3.41. The van der Waals surface area contributed by atoms with Gasteiger partial charge >= 0.3 is 0 Å². The second kappa shape index (κ2) is 6.49. The topological polar surface area (TPSA) is 49.9 Å². The van der Waals surface area contributed by atoms with Crippen molar-refractivity contribution in [2.75, 3.05) is 26.7 Å². The summed E-state index contributed by atoms with van der Waals surface area (Å²) in [5.74, 6) is -0.698. The Labute approximate surface area is 141 Å². The maximum absolute atomic E-state index is 12.8. The van der Waals surface area contributed by atoms with Crippen LogP contribution in [-0.2, 0) is 14.3 Å². The van der Waals surface area contributed by atoms with Gasteiger partial charge in [-0.05, 0) is 31.0 Å². The molecular formula is C17H21ClN2O3. The molecule has 6 heteroatoms. The standard InChI is InChI=1S/C17H21ClN2O3/c1-11-15(12-4-3-5-13(18)10-12)23-9-8-20(11)17(22)14-6-7-19(2)16(14)21/h3-5,10-11,14-15H,6-9H2,1-2H3/t11-,14?,15+/m1/s1. The highest BCUT2D eigenvalue weighted by molar-refractivity contribution is 6.30. The van der Waals surface area contributed by atoms with Crippen molar-refractivity contribution in [3.8, 4) is 0 Å². The molecule has 2 heterocycles. The third-order valence-electron chi connectivity index (χ3n) is 4.75. The molecule has 1 unspecified atom stereocenters. The van der Waals surface area contributed by atoms with Gasteiger partial charge in [0.1, 0.15) is 12.0 Å². The third kappa shape index (κ3) is 3.08. The maximum atomic E-state index is 12.8. The molecule has 0 spiro atoms. The van der Waals surface area contributed by atoms with E-state index in [9.17, 15) is 9.59 Å². The predicted octanol–water partition coefficient (Wildman–Crippen LogP) is 2.11. The number of nitrogens with zero attached hydrogens (tertiary/aromatic N) is 2. The van der Waals surface area contributed by atoms with Gasteiger partial charge in [-0.3, -0.25) is 9.59 Å². The van der Waals surface area contributed by atoms with Crippen molar-refractivity contribution < 1.29 is 14.3 Å². The number of morpholine rings is 1. The highest BCUT2D eigenvalue weighted by Gasteiger charge is 2.41. The fraction of sp³-hybridized carbons (Fsp3) is 0.529. The summed E-state index contributed by atoms with van der Waals surface area (Å²) in [6, 6.07) is 7.38. The number of ether oxygens (including phenoxy) is 1. The molecular weight excluding hydrogens is 316 g/mol. The van der Waals surface area contributed by atoms with Gasteiger partial charge in [0.25, 0.3) is 0 Å². The van der Waals surface area contributed by atoms with E-state index in [2.05, 4.69) is 0 Å². The normalized spacial score (nSPS) is 28.3. The van der Waals surface area contributed by atoms with Crippen LogP contribution in [0.4, 0.5) is 0 Å². The van der Waals surface area contributed by atoms with E-state index in [1.54, 1.807) is 16.8 Å². The lowest BCUT2D eigenvalue weighted by molar-refractivity contribution is -0.153. The first kappa shape index (κ1) is 16.3. The lowest BCUT2D eigenvalue weighted by Gasteiger charge is -2.40. The van der Waals surface area contributed by atoms with Crippen LogP contribution in [0, 0.1) is 5.92 Å². The van der Waals surface area contributed by atoms with Crippen LogP contribution in [0.15, 0.2) is 24.3 Å². The second-order valence-corrected chi connectivity index (χ2v) is 6.66. The van der Waals surface area contributed by atoms with Gasteiger partial charge in [-0.25, -0.2) is 0 Å². The summed E-state index contributed by atoms with van der Waals surface area (Å²) >= 11 is 6.06. The van der Waals surface area contributed by atoms with E-state index in [1.807, 2.05) is 31.2 Å². The lowest BCUT2D eigenvalue weighted by Crippen LogP contribution is -2.51. The van der Waals surface area contributed by atoms with Crippen LogP contribution in [0.3, 0.4) is 0 Å².